The number of rotatable bonds is 4. The van der Waals surface area contributed by atoms with E-state index in [2.05, 4.69) is 10.0 Å². The van der Waals surface area contributed by atoms with Crippen molar-refractivity contribution in [3.05, 3.63) is 37.3 Å². The summed E-state index contributed by atoms with van der Waals surface area (Å²) in [4.78, 5) is 48.9. The molecule has 0 radical (unpaired) electrons. The maximum absolute atomic E-state index is 11.8. The van der Waals surface area contributed by atoms with Gasteiger partial charge in [0.1, 0.15) is 18.0 Å². The molecule has 1 aromatic heterocycles. The Bertz CT molecular complexity index is 811. The summed E-state index contributed by atoms with van der Waals surface area (Å²) in [6, 6.07) is 0.739. The maximum atomic E-state index is 11.8. The predicted octanol–water partition coefficient (Wildman–Crippen LogP) is -2.24. The minimum Gasteiger partial charge on any atom is -0.811 e. The van der Waals surface area contributed by atoms with E-state index >= 15 is 0 Å². The molecule has 1 aromatic rings. The number of aliphatic hydroxyl groups is 2. The van der Waals surface area contributed by atoms with Crippen molar-refractivity contribution in [3.63, 3.8) is 0 Å². The van der Waals surface area contributed by atoms with Crippen LogP contribution in [0.15, 0.2) is 20.8 Å². The second-order valence-corrected chi connectivity index (χ2v) is 6.28. The molecule has 0 unspecified atom stereocenters. The van der Waals surface area contributed by atoms with Gasteiger partial charge in [0.15, 0.2) is 6.23 Å². The summed E-state index contributed by atoms with van der Waals surface area (Å²) in [7, 11) is -5.06. The molecule has 16 heteroatoms. The highest BCUT2D eigenvalue weighted by molar-refractivity contribution is 7.48. The number of aromatic nitrogens is 2. The summed E-state index contributed by atoms with van der Waals surface area (Å²) in [6.07, 6.45) is -7.95. The van der Waals surface area contributed by atoms with E-state index in [1.807, 2.05) is 4.98 Å². The fourth-order valence-electron chi connectivity index (χ4n) is 2.18. The number of quaternary nitrogens is 2. The van der Waals surface area contributed by atoms with Gasteiger partial charge in [-0.15, -0.1) is 0 Å². The van der Waals surface area contributed by atoms with Gasteiger partial charge in [0, 0.05) is 17.1 Å². The zero-order valence-electron chi connectivity index (χ0n) is 13.2. The van der Waals surface area contributed by atoms with Crippen molar-refractivity contribution in [2.75, 3.05) is 6.16 Å². The molecule has 0 saturated carbocycles. The topological polar surface area (TPSA) is 290 Å². The molecule has 142 valence electrons. The Morgan fingerprint density at radius 3 is 2.48 bits per heavy atom. The Hall–Kier alpha value is -2.06. The molecular formula is C9H18N7O8P. The average Bonchev–Trinajstić information content (AvgIpc) is 2.65. The first-order valence-electron chi connectivity index (χ1n) is 6.07. The number of hydrogen-bond acceptors (Lipinski definition) is 9. The van der Waals surface area contributed by atoms with Crippen LogP contribution in [0.25, 0.3) is 10.4 Å². The number of ether oxygens (including phenoxy) is 1. The highest BCUT2D eigenvalue weighted by atomic mass is 31.2. The van der Waals surface area contributed by atoms with Crippen LogP contribution in [0.5, 0.6) is 0 Å². The van der Waals surface area contributed by atoms with Gasteiger partial charge in [0.05, 0.1) is 6.10 Å². The number of azide groups is 1. The van der Waals surface area contributed by atoms with Gasteiger partial charge in [0.2, 0.25) is 0 Å². The minimum absolute atomic E-state index is 0. The van der Waals surface area contributed by atoms with E-state index in [0.717, 1.165) is 6.07 Å². The minimum atomic E-state index is -5.06. The van der Waals surface area contributed by atoms with Crippen molar-refractivity contribution in [2.24, 2.45) is 5.11 Å². The summed E-state index contributed by atoms with van der Waals surface area (Å²) in [6.45, 7) is 0. The fraction of sp³-hybridized carbons (Fsp3) is 0.556. The van der Waals surface area contributed by atoms with Crippen LogP contribution in [0.4, 0.5) is 5.82 Å². The fourth-order valence-corrected chi connectivity index (χ4v) is 2.92. The number of nitrogens with zero attached hydrogens (tertiary/aromatic N) is 4. The molecule has 2 rings (SSSR count). The molecule has 1 saturated heterocycles. The molecule has 1 aliphatic rings. The van der Waals surface area contributed by atoms with Crippen molar-refractivity contribution in [1.29, 1.82) is 0 Å². The quantitative estimate of drug-likeness (QED) is 0.163. The number of hydrogen-bond donors (Lipinski definition) is 5. The summed E-state index contributed by atoms with van der Waals surface area (Å²) in [5, 5.41) is 22.8. The molecule has 0 aliphatic carbocycles. The van der Waals surface area contributed by atoms with Crippen LogP contribution < -0.4 is 33.3 Å². The summed E-state index contributed by atoms with van der Waals surface area (Å²) >= 11 is 0. The van der Waals surface area contributed by atoms with Gasteiger partial charge in [-0.25, -0.2) is 4.79 Å². The van der Waals surface area contributed by atoms with Crippen LogP contribution in [0.2, 0.25) is 0 Å². The lowest BCUT2D eigenvalue weighted by atomic mass is 10.1. The third kappa shape index (κ3) is 4.96. The molecule has 11 N–H and O–H groups in total. The molecule has 25 heavy (non-hydrogen) atoms. The largest absolute Gasteiger partial charge is 0.811 e. The average molecular weight is 383 g/mol. The summed E-state index contributed by atoms with van der Waals surface area (Å²) in [5.74, 6) is -0.523. The molecule has 1 aliphatic heterocycles. The van der Waals surface area contributed by atoms with Gasteiger partial charge in [-0.1, -0.05) is 7.60 Å². The van der Waals surface area contributed by atoms with Crippen molar-refractivity contribution in [1.82, 2.24) is 21.9 Å². The summed E-state index contributed by atoms with van der Waals surface area (Å²) < 4.78 is 16.4. The highest BCUT2D eigenvalue weighted by Crippen LogP contribution is 2.36. The van der Waals surface area contributed by atoms with Gasteiger partial charge in [-0.2, -0.15) is 0 Å². The van der Waals surface area contributed by atoms with E-state index < -0.39 is 55.4 Å². The van der Waals surface area contributed by atoms with Crippen LogP contribution in [0.1, 0.15) is 6.23 Å². The van der Waals surface area contributed by atoms with Gasteiger partial charge < -0.3 is 41.6 Å². The van der Waals surface area contributed by atoms with E-state index in [0.29, 0.717) is 4.57 Å². The molecule has 1 fully saturated rings. The van der Waals surface area contributed by atoms with Crippen LogP contribution in [-0.4, -0.2) is 44.2 Å². The van der Waals surface area contributed by atoms with Crippen molar-refractivity contribution in [3.8, 4) is 0 Å². The summed E-state index contributed by atoms with van der Waals surface area (Å²) in [5.41, 5.74) is 6.44. The number of H-pyrrole nitrogens is 1. The van der Waals surface area contributed by atoms with Crippen LogP contribution >= 0.6 is 7.60 Å². The van der Waals surface area contributed by atoms with Crippen LogP contribution in [-0.2, 0) is 9.30 Å². The molecule has 0 amide bonds. The van der Waals surface area contributed by atoms with Crippen molar-refractivity contribution >= 4 is 13.4 Å². The van der Waals surface area contributed by atoms with Gasteiger partial charge in [0.25, 0.3) is 5.56 Å². The standard InChI is InChI=1S/C9H12N5O8P.2H3N/c10-13-12-4-1-5(15)11-9(18)14(4)8-7(17)6(16)3(22-8)2-23(19,20)21;;/h1,3,6-8,16-17H,2H2,(H,11,15,18)(H2,19,20,21);2*1H3/t3-,6-,7-,8-;;/m1../s1. The lowest BCUT2D eigenvalue weighted by molar-refractivity contribution is -0.315. The molecule has 0 spiro atoms. The van der Waals surface area contributed by atoms with Crippen molar-refractivity contribution in [2.45, 2.75) is 24.5 Å². The zero-order valence-corrected chi connectivity index (χ0v) is 14.1. The Morgan fingerprint density at radius 1 is 1.36 bits per heavy atom. The third-order valence-electron chi connectivity index (χ3n) is 3.10. The van der Waals surface area contributed by atoms with E-state index in [-0.39, 0.29) is 12.3 Å². The normalized spacial score (nSPS) is 25.4. The Balaban J connectivity index is 0.00000288. The van der Waals surface area contributed by atoms with Gasteiger partial charge in [-0.3, -0.25) is 14.3 Å². The molecule has 0 bridgehead atoms. The highest BCUT2D eigenvalue weighted by Gasteiger charge is 2.44. The first-order valence-corrected chi connectivity index (χ1v) is 7.80. The smallest absolute Gasteiger partial charge is 0.330 e. The third-order valence-corrected chi connectivity index (χ3v) is 3.91. The lowest BCUT2D eigenvalue weighted by Crippen LogP contribution is -2.38. The molecule has 0 aromatic carbocycles. The first kappa shape index (κ1) is 22.9. The first-order chi connectivity index (χ1) is 10.6. The number of aliphatic hydroxyl groups excluding tert-OH is 2. The van der Waals surface area contributed by atoms with Gasteiger partial charge in [-0.05, 0) is 10.6 Å². The van der Waals surface area contributed by atoms with Crippen LogP contribution in [0, 0.1) is 0 Å². The Kier molecular flexibility index (Phi) is 7.66. The van der Waals surface area contributed by atoms with E-state index in [9.17, 15) is 34.2 Å². The molecular weight excluding hydrogens is 365 g/mol. The molecule has 15 nitrogen and oxygen atoms in total. The maximum Gasteiger partial charge on any atom is 0.330 e. The molecule has 2 heterocycles. The second kappa shape index (κ2) is 8.35. The van der Waals surface area contributed by atoms with Crippen LogP contribution in [0.3, 0.4) is 0 Å². The zero-order chi connectivity index (χ0) is 17.4. The van der Waals surface area contributed by atoms with E-state index in [1.165, 1.54) is 0 Å². The number of aromatic amines is 1. The van der Waals surface area contributed by atoms with E-state index in [4.69, 9.17) is 10.3 Å². The van der Waals surface area contributed by atoms with E-state index in [1.54, 1.807) is 0 Å². The van der Waals surface area contributed by atoms with Crippen molar-refractivity contribution < 1.29 is 29.3 Å². The SMILES string of the molecule is [N-]=[N+]=Nc1cc(=O)[nH]c(=O)n1[C@@H]1O[C@H](CP(=O)([O-])[O-])[C@@H](O)[C@H]1O.[NH4+].[NH4+]. The predicted molar refractivity (Wildman–Crippen MR) is 80.5 cm³/mol. The monoisotopic (exact) mass is 383 g/mol. The number of nitrogens with one attached hydrogen (secondary N) is 1. The Morgan fingerprint density at radius 2 is 1.96 bits per heavy atom. The second-order valence-electron chi connectivity index (χ2n) is 4.70. The Labute approximate surface area is 138 Å². The van der Waals surface area contributed by atoms with Gasteiger partial charge >= 0.3 is 5.69 Å². The molecule has 4 atom stereocenters. The lowest BCUT2D eigenvalue weighted by Gasteiger charge is -2.32.